The average molecular weight is 196 g/mol. The first kappa shape index (κ1) is 9.88. The summed E-state index contributed by atoms with van der Waals surface area (Å²) in [6.45, 7) is 0. The van der Waals surface area contributed by atoms with E-state index in [1.165, 1.54) is 0 Å². The van der Waals surface area contributed by atoms with Gasteiger partial charge in [-0.1, -0.05) is 12.1 Å². The monoisotopic (exact) mass is 195 g/mol. The zero-order valence-electron chi connectivity index (χ0n) is 7.06. The van der Waals surface area contributed by atoms with Crippen LogP contribution in [0.2, 0.25) is 0 Å². The Labute approximate surface area is 83.5 Å². The summed E-state index contributed by atoms with van der Waals surface area (Å²) in [5.41, 5.74) is 0.629. The van der Waals surface area contributed by atoms with Crippen LogP contribution >= 0.6 is 12.4 Å². The summed E-state index contributed by atoms with van der Waals surface area (Å²) in [6.07, 6.45) is 2.61. The molecule has 0 N–H and O–H groups in total. The Kier molecular flexibility index (Phi) is 3.16. The fourth-order valence-corrected chi connectivity index (χ4v) is 1.03. The minimum Gasteiger partial charge on any atom is -0.489 e. The Morgan fingerprint density at radius 1 is 1.31 bits per heavy atom. The van der Waals surface area contributed by atoms with E-state index in [4.69, 9.17) is 10.00 Å². The Balaban J connectivity index is 0.000000845. The van der Waals surface area contributed by atoms with Gasteiger partial charge in [-0.2, -0.15) is 5.26 Å². The molecule has 0 unspecified atom stereocenters. The van der Waals surface area contributed by atoms with Crippen molar-refractivity contribution in [2.24, 2.45) is 0 Å². The van der Waals surface area contributed by atoms with Crippen LogP contribution in [-0.2, 0) is 0 Å². The van der Waals surface area contributed by atoms with Crippen molar-refractivity contribution in [3.63, 3.8) is 0 Å². The molecule has 0 radical (unpaired) electrons. The molecule has 0 heterocycles. The highest BCUT2D eigenvalue weighted by molar-refractivity contribution is 5.85. The molecule has 3 heteroatoms. The predicted molar refractivity (Wildman–Crippen MR) is 52.1 cm³/mol. The van der Waals surface area contributed by atoms with Crippen LogP contribution < -0.4 is 4.74 Å². The molecule has 1 aliphatic rings. The van der Waals surface area contributed by atoms with Gasteiger partial charge in [0.2, 0.25) is 0 Å². The summed E-state index contributed by atoms with van der Waals surface area (Å²) in [4.78, 5) is 0. The van der Waals surface area contributed by atoms with Gasteiger partial charge in [0.25, 0.3) is 0 Å². The zero-order valence-corrected chi connectivity index (χ0v) is 7.88. The summed E-state index contributed by atoms with van der Waals surface area (Å²) in [5, 5.41) is 8.72. The highest BCUT2D eigenvalue weighted by Crippen LogP contribution is 2.28. The fourth-order valence-electron chi connectivity index (χ4n) is 1.03. The lowest BCUT2D eigenvalue weighted by molar-refractivity contribution is 0.302. The number of benzene rings is 1. The predicted octanol–water partition coefficient (Wildman–Crippen LogP) is 2.52. The molecule has 1 fully saturated rings. The van der Waals surface area contributed by atoms with Crippen molar-refractivity contribution < 1.29 is 4.74 Å². The van der Waals surface area contributed by atoms with Crippen LogP contribution in [0.4, 0.5) is 0 Å². The number of nitriles is 1. The van der Waals surface area contributed by atoms with Crippen molar-refractivity contribution in [3.8, 4) is 11.8 Å². The van der Waals surface area contributed by atoms with E-state index in [0.717, 1.165) is 18.6 Å². The maximum atomic E-state index is 8.72. The molecule has 0 saturated heterocycles. The summed E-state index contributed by atoms with van der Waals surface area (Å²) in [5.74, 6) is 0.725. The molecule has 0 amide bonds. The Morgan fingerprint density at radius 2 is 2.00 bits per heavy atom. The smallest absolute Gasteiger partial charge is 0.137 e. The summed E-state index contributed by atoms with van der Waals surface area (Å²) < 4.78 is 5.52. The van der Waals surface area contributed by atoms with Crippen LogP contribution in [0.25, 0.3) is 0 Å². The quantitative estimate of drug-likeness (QED) is 0.727. The van der Waals surface area contributed by atoms with E-state index in [2.05, 4.69) is 6.07 Å². The first-order valence-electron chi connectivity index (χ1n) is 4.06. The molecule has 13 heavy (non-hydrogen) atoms. The van der Waals surface area contributed by atoms with E-state index in [9.17, 15) is 0 Å². The Bertz CT molecular complexity index is 328. The minimum absolute atomic E-state index is 0. The third kappa shape index (κ3) is 2.37. The van der Waals surface area contributed by atoms with Crippen LogP contribution in [-0.4, -0.2) is 6.10 Å². The molecule has 68 valence electrons. The van der Waals surface area contributed by atoms with Gasteiger partial charge in [0, 0.05) is 0 Å². The van der Waals surface area contributed by atoms with E-state index >= 15 is 0 Å². The first-order valence-corrected chi connectivity index (χ1v) is 4.06. The summed E-state index contributed by atoms with van der Waals surface area (Å²) in [6, 6.07) is 9.46. The van der Waals surface area contributed by atoms with Gasteiger partial charge in [0.1, 0.15) is 11.8 Å². The van der Waals surface area contributed by atoms with Crippen molar-refractivity contribution in [2.45, 2.75) is 18.9 Å². The van der Waals surface area contributed by atoms with Gasteiger partial charge in [0.15, 0.2) is 0 Å². The number of para-hydroxylation sites is 1. The SMILES string of the molecule is Cl.N#Cc1ccccc1OC1CC1. The highest BCUT2D eigenvalue weighted by Gasteiger charge is 2.24. The average Bonchev–Trinajstić information content (AvgIpc) is 2.89. The van der Waals surface area contributed by atoms with Crippen molar-refractivity contribution in [2.75, 3.05) is 0 Å². The van der Waals surface area contributed by atoms with Crippen LogP contribution in [0, 0.1) is 11.3 Å². The van der Waals surface area contributed by atoms with Gasteiger partial charge in [-0.3, -0.25) is 0 Å². The summed E-state index contributed by atoms with van der Waals surface area (Å²) >= 11 is 0. The third-order valence-corrected chi connectivity index (χ3v) is 1.83. The van der Waals surface area contributed by atoms with Crippen molar-refractivity contribution in [1.82, 2.24) is 0 Å². The van der Waals surface area contributed by atoms with Gasteiger partial charge in [0.05, 0.1) is 11.7 Å². The van der Waals surface area contributed by atoms with E-state index < -0.39 is 0 Å². The molecule has 1 aromatic carbocycles. The molecule has 0 atom stereocenters. The molecule has 2 rings (SSSR count). The first-order chi connectivity index (χ1) is 5.90. The van der Waals surface area contributed by atoms with Gasteiger partial charge in [-0.05, 0) is 25.0 Å². The topological polar surface area (TPSA) is 33.0 Å². The van der Waals surface area contributed by atoms with Crippen molar-refractivity contribution in [3.05, 3.63) is 29.8 Å². The Morgan fingerprint density at radius 3 is 2.62 bits per heavy atom. The molecule has 1 saturated carbocycles. The van der Waals surface area contributed by atoms with Crippen LogP contribution in [0.3, 0.4) is 0 Å². The van der Waals surface area contributed by atoms with Gasteiger partial charge in [-0.15, -0.1) is 12.4 Å². The molecule has 0 aliphatic heterocycles. The van der Waals surface area contributed by atoms with E-state index in [1.54, 1.807) is 6.07 Å². The second kappa shape index (κ2) is 4.15. The molecule has 1 aromatic rings. The zero-order chi connectivity index (χ0) is 8.39. The van der Waals surface area contributed by atoms with E-state index in [1.807, 2.05) is 18.2 Å². The number of halogens is 1. The fraction of sp³-hybridized carbons (Fsp3) is 0.300. The second-order valence-electron chi connectivity index (χ2n) is 2.93. The lowest BCUT2D eigenvalue weighted by Crippen LogP contribution is -1.97. The molecule has 0 bridgehead atoms. The second-order valence-corrected chi connectivity index (χ2v) is 2.93. The largest absolute Gasteiger partial charge is 0.489 e. The number of nitrogens with zero attached hydrogens (tertiary/aromatic N) is 1. The third-order valence-electron chi connectivity index (χ3n) is 1.83. The van der Waals surface area contributed by atoms with Gasteiger partial charge < -0.3 is 4.74 Å². The van der Waals surface area contributed by atoms with E-state index in [-0.39, 0.29) is 12.4 Å². The number of ether oxygens (including phenoxy) is 1. The standard InChI is InChI=1S/C10H9NO.ClH/c11-7-8-3-1-2-4-10(8)12-9-5-6-9;/h1-4,9H,5-6H2;1H. The normalized spacial score (nSPS) is 14.1. The lowest BCUT2D eigenvalue weighted by atomic mass is 10.2. The van der Waals surface area contributed by atoms with E-state index in [0.29, 0.717) is 11.7 Å². The maximum absolute atomic E-state index is 8.72. The maximum Gasteiger partial charge on any atom is 0.137 e. The van der Waals surface area contributed by atoms with Crippen molar-refractivity contribution in [1.29, 1.82) is 5.26 Å². The van der Waals surface area contributed by atoms with Crippen LogP contribution in [0.1, 0.15) is 18.4 Å². The molecule has 0 spiro atoms. The number of hydrogen-bond donors (Lipinski definition) is 0. The van der Waals surface area contributed by atoms with Crippen LogP contribution in [0.15, 0.2) is 24.3 Å². The molecule has 1 aliphatic carbocycles. The number of rotatable bonds is 2. The molecule has 0 aromatic heterocycles. The van der Waals surface area contributed by atoms with Gasteiger partial charge in [-0.25, -0.2) is 0 Å². The van der Waals surface area contributed by atoms with Crippen LogP contribution in [0.5, 0.6) is 5.75 Å². The minimum atomic E-state index is 0. The molecular formula is C10H10ClNO. The molecular weight excluding hydrogens is 186 g/mol. The highest BCUT2D eigenvalue weighted by atomic mass is 35.5. The van der Waals surface area contributed by atoms with Crippen molar-refractivity contribution >= 4 is 12.4 Å². The lowest BCUT2D eigenvalue weighted by Gasteiger charge is -2.04. The molecule has 2 nitrogen and oxygen atoms in total. The number of hydrogen-bond acceptors (Lipinski definition) is 2. The Hall–Kier alpha value is -1.20. The van der Waals surface area contributed by atoms with Gasteiger partial charge >= 0.3 is 0 Å². The summed E-state index contributed by atoms with van der Waals surface area (Å²) in [7, 11) is 0.